The summed E-state index contributed by atoms with van der Waals surface area (Å²) in [6.45, 7) is 3.07. The zero-order chi connectivity index (χ0) is 19.3. The van der Waals surface area contributed by atoms with Crippen molar-refractivity contribution < 1.29 is 27.5 Å². The van der Waals surface area contributed by atoms with Crippen molar-refractivity contribution in [2.45, 2.75) is 32.9 Å². The fraction of sp³-hybridized carbons (Fsp3) is 0.438. The van der Waals surface area contributed by atoms with Crippen LogP contribution in [0.15, 0.2) is 24.3 Å². The second-order valence-electron chi connectivity index (χ2n) is 5.82. The van der Waals surface area contributed by atoms with E-state index in [2.05, 4.69) is 5.32 Å². The molecule has 10 heteroatoms. The largest absolute Gasteiger partial charge is 0.464 e. The molecule has 1 atom stereocenters. The van der Waals surface area contributed by atoms with Crippen LogP contribution in [0.25, 0.3) is 0 Å². The molecule has 1 aromatic rings. The summed E-state index contributed by atoms with van der Waals surface area (Å²) in [6.07, 6.45) is 0.251. The van der Waals surface area contributed by atoms with Crippen molar-refractivity contribution in [3.8, 4) is 0 Å². The minimum absolute atomic E-state index is 0.0638. The molecule has 1 unspecified atom stereocenters. The Morgan fingerprint density at radius 1 is 1.27 bits per heavy atom. The number of hydrogen-bond donors (Lipinski definition) is 2. The van der Waals surface area contributed by atoms with Crippen molar-refractivity contribution in [2.75, 3.05) is 13.2 Å². The van der Waals surface area contributed by atoms with E-state index in [1.165, 1.54) is 6.92 Å². The van der Waals surface area contributed by atoms with Gasteiger partial charge in [0.25, 0.3) is 0 Å². The van der Waals surface area contributed by atoms with Crippen molar-refractivity contribution in [1.82, 2.24) is 14.3 Å². The average molecular weight is 383 g/mol. The topological polar surface area (TPSA) is 122 Å². The Bertz CT molecular complexity index is 791. The molecular weight excluding hydrogens is 362 g/mol. The summed E-state index contributed by atoms with van der Waals surface area (Å²) in [5.41, 5.74) is 1.47. The molecule has 0 saturated carbocycles. The van der Waals surface area contributed by atoms with Crippen molar-refractivity contribution in [3.05, 3.63) is 35.4 Å². The minimum Gasteiger partial charge on any atom is -0.464 e. The highest BCUT2D eigenvalue weighted by molar-refractivity contribution is 7.88. The molecule has 0 spiro atoms. The number of carbonyl (C=O) groups is 3. The molecule has 142 valence electrons. The summed E-state index contributed by atoms with van der Waals surface area (Å²) in [4.78, 5) is 34.4. The van der Waals surface area contributed by atoms with Gasteiger partial charge in [-0.05, 0) is 18.1 Å². The van der Waals surface area contributed by atoms with Gasteiger partial charge < -0.3 is 10.1 Å². The van der Waals surface area contributed by atoms with Crippen molar-refractivity contribution in [2.24, 2.45) is 0 Å². The quantitative estimate of drug-likeness (QED) is 0.611. The Kier molecular flexibility index (Phi) is 6.32. The number of amides is 2. The van der Waals surface area contributed by atoms with E-state index >= 15 is 0 Å². The third-order valence-corrected chi connectivity index (χ3v) is 5.10. The predicted molar refractivity (Wildman–Crippen MR) is 91.9 cm³/mol. The Labute approximate surface area is 151 Å². The van der Waals surface area contributed by atoms with E-state index in [0.29, 0.717) is 5.56 Å². The lowest BCUT2D eigenvalue weighted by molar-refractivity contribution is -0.147. The maximum Gasteiger partial charge on any atom is 0.328 e. The molecule has 0 radical (unpaired) electrons. The zero-order valence-electron chi connectivity index (χ0n) is 14.5. The van der Waals surface area contributed by atoms with Crippen LogP contribution in [-0.4, -0.2) is 49.7 Å². The van der Waals surface area contributed by atoms with Crippen LogP contribution in [0.3, 0.4) is 0 Å². The maximum absolute atomic E-state index is 11.9. The molecule has 26 heavy (non-hydrogen) atoms. The molecule has 0 bridgehead atoms. The second-order valence-corrected chi connectivity index (χ2v) is 7.49. The Morgan fingerprint density at radius 2 is 1.88 bits per heavy atom. The standard InChI is InChI=1S/C16H21N3O6S/c1-3-25-16(22)14(17-11(2)20)8-12-4-6-13(7-5-12)9-19-10-15(21)18-26(19,23)24/h4-7,14H,3,8-10H2,1-2H3,(H,17,20)(H,18,21). The van der Waals surface area contributed by atoms with Gasteiger partial charge in [0.2, 0.25) is 11.8 Å². The third-order valence-electron chi connectivity index (χ3n) is 3.67. The zero-order valence-corrected chi connectivity index (χ0v) is 15.3. The summed E-state index contributed by atoms with van der Waals surface area (Å²) < 4.78 is 31.4. The van der Waals surface area contributed by atoms with Gasteiger partial charge in [0.15, 0.2) is 0 Å². The molecule has 1 heterocycles. The summed E-state index contributed by atoms with van der Waals surface area (Å²) in [7, 11) is -3.77. The molecule has 1 aliphatic heterocycles. The van der Waals surface area contributed by atoms with Gasteiger partial charge in [-0.15, -0.1) is 0 Å². The first-order valence-corrected chi connectivity index (χ1v) is 9.47. The fourth-order valence-corrected chi connectivity index (χ4v) is 3.62. The Hall–Kier alpha value is -2.46. The van der Waals surface area contributed by atoms with Gasteiger partial charge in [-0.2, -0.15) is 12.7 Å². The molecule has 2 N–H and O–H groups in total. The molecule has 1 aromatic carbocycles. The summed E-state index contributed by atoms with van der Waals surface area (Å²) in [5, 5.41) is 2.56. The van der Waals surface area contributed by atoms with E-state index in [1.807, 2.05) is 4.72 Å². The van der Waals surface area contributed by atoms with Gasteiger partial charge in [0.1, 0.15) is 6.04 Å². The lowest BCUT2D eigenvalue weighted by Gasteiger charge is -2.17. The highest BCUT2D eigenvalue weighted by atomic mass is 32.2. The van der Waals surface area contributed by atoms with Gasteiger partial charge in [-0.3, -0.25) is 9.59 Å². The fourth-order valence-electron chi connectivity index (χ4n) is 2.53. The van der Waals surface area contributed by atoms with E-state index in [1.54, 1.807) is 31.2 Å². The van der Waals surface area contributed by atoms with E-state index in [-0.39, 0.29) is 32.0 Å². The number of nitrogens with one attached hydrogen (secondary N) is 2. The summed E-state index contributed by atoms with van der Waals surface area (Å²) >= 11 is 0. The summed E-state index contributed by atoms with van der Waals surface area (Å²) in [5.74, 6) is -1.41. The van der Waals surface area contributed by atoms with E-state index in [9.17, 15) is 22.8 Å². The van der Waals surface area contributed by atoms with E-state index in [0.717, 1.165) is 9.87 Å². The normalized spacial score (nSPS) is 17.4. The van der Waals surface area contributed by atoms with Crippen molar-refractivity contribution >= 4 is 28.0 Å². The number of hydrogen-bond acceptors (Lipinski definition) is 6. The lowest BCUT2D eigenvalue weighted by atomic mass is 10.0. The Morgan fingerprint density at radius 3 is 2.38 bits per heavy atom. The molecule has 0 aromatic heterocycles. The van der Waals surface area contributed by atoms with Crippen LogP contribution >= 0.6 is 0 Å². The molecule has 2 rings (SSSR count). The average Bonchev–Trinajstić information content (AvgIpc) is 2.80. The molecule has 1 aliphatic rings. The number of carbonyl (C=O) groups excluding carboxylic acids is 3. The van der Waals surface area contributed by atoms with Gasteiger partial charge in [-0.1, -0.05) is 24.3 Å². The van der Waals surface area contributed by atoms with Gasteiger partial charge in [0, 0.05) is 19.9 Å². The minimum atomic E-state index is -3.77. The highest BCUT2D eigenvalue weighted by Crippen LogP contribution is 2.14. The van der Waals surface area contributed by atoms with Crippen LogP contribution in [0.2, 0.25) is 0 Å². The number of rotatable bonds is 7. The van der Waals surface area contributed by atoms with Crippen molar-refractivity contribution in [3.63, 3.8) is 0 Å². The molecule has 0 aliphatic carbocycles. The van der Waals surface area contributed by atoms with Gasteiger partial charge in [-0.25, -0.2) is 9.52 Å². The molecule has 9 nitrogen and oxygen atoms in total. The smallest absolute Gasteiger partial charge is 0.328 e. The summed E-state index contributed by atoms with van der Waals surface area (Å²) in [6, 6.07) is 6.11. The van der Waals surface area contributed by atoms with Crippen molar-refractivity contribution in [1.29, 1.82) is 0 Å². The predicted octanol–water partition coefficient (Wildman–Crippen LogP) is -0.526. The maximum atomic E-state index is 11.9. The SMILES string of the molecule is CCOC(=O)C(Cc1ccc(CN2CC(=O)NS2(=O)=O)cc1)NC(C)=O. The second kappa shape index (κ2) is 8.28. The van der Waals surface area contributed by atoms with Crippen LogP contribution in [0, 0.1) is 0 Å². The Balaban J connectivity index is 2.04. The van der Waals surface area contributed by atoms with Crippen LogP contribution in [0.4, 0.5) is 0 Å². The molecular formula is C16H21N3O6S. The number of nitrogens with zero attached hydrogens (tertiary/aromatic N) is 1. The van der Waals surface area contributed by atoms with Gasteiger partial charge in [0.05, 0.1) is 13.2 Å². The number of benzene rings is 1. The van der Waals surface area contributed by atoms with E-state index < -0.39 is 28.1 Å². The monoisotopic (exact) mass is 383 g/mol. The van der Waals surface area contributed by atoms with E-state index in [4.69, 9.17) is 4.74 Å². The van der Waals surface area contributed by atoms with Crippen LogP contribution in [0.5, 0.6) is 0 Å². The van der Waals surface area contributed by atoms with Crippen LogP contribution in [-0.2, 0) is 42.3 Å². The van der Waals surface area contributed by atoms with Crippen LogP contribution in [0.1, 0.15) is 25.0 Å². The highest BCUT2D eigenvalue weighted by Gasteiger charge is 2.33. The number of ether oxygens (including phenoxy) is 1. The molecule has 1 saturated heterocycles. The molecule has 2 amide bonds. The lowest BCUT2D eigenvalue weighted by Crippen LogP contribution is -2.42. The van der Waals surface area contributed by atoms with Gasteiger partial charge >= 0.3 is 16.2 Å². The first-order chi connectivity index (χ1) is 12.2. The van der Waals surface area contributed by atoms with Crippen LogP contribution < -0.4 is 10.0 Å². The first kappa shape index (κ1) is 19.9. The third kappa shape index (κ3) is 5.27. The first-order valence-electron chi connectivity index (χ1n) is 8.03. The number of esters is 1. The molecule has 1 fully saturated rings.